The summed E-state index contributed by atoms with van der Waals surface area (Å²) in [4.78, 5) is 14.4. The van der Waals surface area contributed by atoms with E-state index in [-0.39, 0.29) is 24.2 Å². The number of hydrogen-bond acceptors (Lipinski definition) is 4. The van der Waals surface area contributed by atoms with Gasteiger partial charge in [-0.3, -0.25) is 9.69 Å². The molecule has 2 aromatic rings. The topological polar surface area (TPSA) is 65.4 Å². The van der Waals surface area contributed by atoms with E-state index in [1.165, 1.54) is 12.1 Å². The van der Waals surface area contributed by atoms with Crippen molar-refractivity contribution in [2.24, 2.45) is 0 Å². The van der Waals surface area contributed by atoms with Crippen LogP contribution < -0.4 is 10.1 Å². The maximum atomic E-state index is 12.3. The van der Waals surface area contributed by atoms with Crippen molar-refractivity contribution < 1.29 is 18.3 Å². The largest absolute Gasteiger partial charge is 0.435 e. The highest BCUT2D eigenvalue weighted by Crippen LogP contribution is 2.20. The highest BCUT2D eigenvalue weighted by molar-refractivity contribution is 5.78. The van der Waals surface area contributed by atoms with E-state index < -0.39 is 6.61 Å². The molecule has 2 aromatic carbocycles. The fraction of sp³-hybridized carbons (Fsp3) is 0.364. The minimum Gasteiger partial charge on any atom is -0.435 e. The molecule has 0 spiro atoms. The Bertz CT molecular complexity index is 817. The van der Waals surface area contributed by atoms with Crippen LogP contribution in [0.25, 0.3) is 0 Å². The molecule has 0 aliphatic carbocycles. The molecule has 1 amide bonds. The average Bonchev–Trinajstić information content (AvgIpc) is 2.72. The van der Waals surface area contributed by atoms with Crippen molar-refractivity contribution in [1.82, 2.24) is 10.2 Å². The SMILES string of the molecule is CCN(CC(=O)NCCc1ccc(OC(F)F)cc1)C(C)c1ccc(C#N)cc1. The Morgan fingerprint density at radius 2 is 1.83 bits per heavy atom. The number of likely N-dealkylation sites (N-methyl/N-ethyl adjacent to an activating group) is 1. The van der Waals surface area contributed by atoms with E-state index in [0.29, 0.717) is 25.1 Å². The summed E-state index contributed by atoms with van der Waals surface area (Å²) >= 11 is 0. The second kappa shape index (κ2) is 11.1. The van der Waals surface area contributed by atoms with E-state index in [1.807, 2.05) is 30.9 Å². The molecule has 5 nitrogen and oxygen atoms in total. The number of amides is 1. The van der Waals surface area contributed by atoms with Crippen molar-refractivity contribution in [3.63, 3.8) is 0 Å². The number of ether oxygens (including phenoxy) is 1. The molecule has 0 saturated carbocycles. The van der Waals surface area contributed by atoms with Gasteiger partial charge in [-0.05, 0) is 55.3 Å². The molecule has 7 heteroatoms. The summed E-state index contributed by atoms with van der Waals surface area (Å²) < 4.78 is 28.6. The van der Waals surface area contributed by atoms with Crippen LogP contribution in [0.15, 0.2) is 48.5 Å². The predicted octanol–water partition coefficient (Wildman–Crippen LogP) is 3.90. The monoisotopic (exact) mass is 401 g/mol. The molecule has 1 N–H and O–H groups in total. The summed E-state index contributed by atoms with van der Waals surface area (Å²) in [5, 5.41) is 11.8. The summed E-state index contributed by atoms with van der Waals surface area (Å²) in [6, 6.07) is 15.9. The number of nitriles is 1. The van der Waals surface area contributed by atoms with E-state index in [1.54, 1.807) is 24.3 Å². The highest BCUT2D eigenvalue weighted by atomic mass is 19.3. The van der Waals surface area contributed by atoms with Crippen molar-refractivity contribution in [2.45, 2.75) is 32.9 Å². The van der Waals surface area contributed by atoms with E-state index >= 15 is 0 Å². The van der Waals surface area contributed by atoms with Gasteiger partial charge >= 0.3 is 6.61 Å². The lowest BCUT2D eigenvalue weighted by atomic mass is 10.0. The molecule has 1 unspecified atom stereocenters. The third kappa shape index (κ3) is 7.16. The molecular weight excluding hydrogens is 376 g/mol. The standard InChI is InChI=1S/C22H25F2N3O2/c1-3-27(16(2)19-8-4-18(14-25)5-9-19)15-21(28)26-13-12-17-6-10-20(11-7-17)29-22(23)24/h4-11,16,22H,3,12-13,15H2,1-2H3,(H,26,28). The Hall–Kier alpha value is -2.98. The smallest absolute Gasteiger partial charge is 0.387 e. The number of nitrogens with zero attached hydrogens (tertiary/aromatic N) is 2. The summed E-state index contributed by atoms with van der Waals surface area (Å²) in [7, 11) is 0. The van der Waals surface area contributed by atoms with Crippen LogP contribution in [0.5, 0.6) is 5.75 Å². The number of alkyl halides is 2. The van der Waals surface area contributed by atoms with Crippen molar-refractivity contribution in [3.8, 4) is 11.8 Å². The van der Waals surface area contributed by atoms with Gasteiger partial charge in [-0.2, -0.15) is 14.0 Å². The van der Waals surface area contributed by atoms with Crippen molar-refractivity contribution in [3.05, 3.63) is 65.2 Å². The minimum absolute atomic E-state index is 0.0425. The zero-order valence-corrected chi connectivity index (χ0v) is 16.6. The van der Waals surface area contributed by atoms with Gasteiger partial charge in [-0.15, -0.1) is 0 Å². The molecule has 0 aliphatic rings. The Morgan fingerprint density at radius 3 is 2.38 bits per heavy atom. The van der Waals surface area contributed by atoms with Crippen molar-refractivity contribution >= 4 is 5.91 Å². The first-order valence-corrected chi connectivity index (χ1v) is 9.47. The number of halogens is 2. The average molecular weight is 401 g/mol. The Kier molecular flexibility index (Phi) is 8.56. The maximum absolute atomic E-state index is 12.3. The molecule has 0 heterocycles. The van der Waals surface area contributed by atoms with Gasteiger partial charge in [0.05, 0.1) is 18.2 Å². The number of benzene rings is 2. The molecule has 0 aromatic heterocycles. The Labute approximate surface area is 169 Å². The summed E-state index contributed by atoms with van der Waals surface area (Å²) in [6.45, 7) is 2.61. The first-order valence-electron chi connectivity index (χ1n) is 9.47. The lowest BCUT2D eigenvalue weighted by Gasteiger charge is -2.27. The molecule has 0 aliphatic heterocycles. The highest BCUT2D eigenvalue weighted by Gasteiger charge is 2.17. The number of carbonyl (C=O) groups excluding carboxylic acids is 1. The normalized spacial score (nSPS) is 11.9. The first-order chi connectivity index (χ1) is 13.9. The third-order valence-corrected chi connectivity index (χ3v) is 4.71. The summed E-state index contributed by atoms with van der Waals surface area (Å²) in [5.41, 5.74) is 2.57. The van der Waals surface area contributed by atoms with Crippen LogP contribution in [0, 0.1) is 11.3 Å². The molecule has 2 rings (SSSR count). The molecule has 1 atom stereocenters. The van der Waals surface area contributed by atoms with E-state index in [9.17, 15) is 13.6 Å². The van der Waals surface area contributed by atoms with Gasteiger partial charge in [0.2, 0.25) is 5.91 Å². The quantitative estimate of drug-likeness (QED) is 0.656. The summed E-state index contributed by atoms with van der Waals surface area (Å²) in [6.07, 6.45) is 0.595. The Morgan fingerprint density at radius 1 is 1.17 bits per heavy atom. The van der Waals surface area contributed by atoms with Crippen LogP contribution in [0.2, 0.25) is 0 Å². The zero-order valence-electron chi connectivity index (χ0n) is 16.6. The lowest BCUT2D eigenvalue weighted by molar-refractivity contribution is -0.122. The second-order valence-corrected chi connectivity index (χ2v) is 6.60. The van der Waals surface area contributed by atoms with Gasteiger partial charge < -0.3 is 10.1 Å². The third-order valence-electron chi connectivity index (χ3n) is 4.71. The van der Waals surface area contributed by atoms with Crippen LogP contribution in [-0.2, 0) is 11.2 Å². The molecular formula is C22H25F2N3O2. The van der Waals surface area contributed by atoms with Crippen LogP contribution in [0.3, 0.4) is 0 Å². The maximum Gasteiger partial charge on any atom is 0.387 e. The van der Waals surface area contributed by atoms with Crippen molar-refractivity contribution in [2.75, 3.05) is 19.6 Å². The zero-order chi connectivity index (χ0) is 21.2. The number of hydrogen-bond donors (Lipinski definition) is 1. The molecule has 0 saturated heterocycles. The van der Waals surface area contributed by atoms with Crippen LogP contribution in [0.1, 0.15) is 36.6 Å². The van der Waals surface area contributed by atoms with Crippen molar-refractivity contribution in [1.29, 1.82) is 5.26 Å². The fourth-order valence-electron chi connectivity index (χ4n) is 2.99. The second-order valence-electron chi connectivity index (χ2n) is 6.60. The summed E-state index contributed by atoms with van der Waals surface area (Å²) in [5.74, 6) is 0.0353. The van der Waals surface area contributed by atoms with E-state index in [2.05, 4.69) is 16.1 Å². The van der Waals surface area contributed by atoms with Gasteiger partial charge in [0.15, 0.2) is 0 Å². The van der Waals surface area contributed by atoms with Gasteiger partial charge in [0.25, 0.3) is 0 Å². The molecule has 29 heavy (non-hydrogen) atoms. The number of carbonyl (C=O) groups is 1. The number of rotatable bonds is 10. The van der Waals surface area contributed by atoms with E-state index in [4.69, 9.17) is 5.26 Å². The Balaban J connectivity index is 1.81. The number of nitrogens with one attached hydrogen (secondary N) is 1. The van der Waals surface area contributed by atoms with Gasteiger partial charge in [0, 0.05) is 12.6 Å². The van der Waals surface area contributed by atoms with Gasteiger partial charge in [-0.1, -0.05) is 31.2 Å². The van der Waals surface area contributed by atoms with E-state index in [0.717, 1.165) is 11.1 Å². The first kappa shape index (κ1) is 22.3. The van der Waals surface area contributed by atoms with Gasteiger partial charge in [0.1, 0.15) is 5.75 Å². The molecule has 154 valence electrons. The molecule has 0 bridgehead atoms. The minimum atomic E-state index is -2.84. The molecule has 0 radical (unpaired) electrons. The lowest BCUT2D eigenvalue weighted by Crippen LogP contribution is -2.39. The van der Waals surface area contributed by atoms with Crippen LogP contribution in [0.4, 0.5) is 8.78 Å². The van der Waals surface area contributed by atoms with Gasteiger partial charge in [-0.25, -0.2) is 0 Å². The predicted molar refractivity (Wildman–Crippen MR) is 107 cm³/mol. The van der Waals surface area contributed by atoms with Crippen LogP contribution in [-0.4, -0.2) is 37.1 Å². The fourth-order valence-corrected chi connectivity index (χ4v) is 2.99. The van der Waals surface area contributed by atoms with Crippen LogP contribution >= 0.6 is 0 Å². The molecule has 0 fully saturated rings.